The van der Waals surface area contributed by atoms with Crippen molar-refractivity contribution in [2.24, 2.45) is 0 Å². The highest BCUT2D eigenvalue weighted by molar-refractivity contribution is 5.79. The number of benzene rings is 2. The number of rotatable bonds is 7. The number of carboxylic acid groups (broad SMARTS) is 1. The Morgan fingerprint density at radius 3 is 2.43 bits per heavy atom. The quantitative estimate of drug-likeness (QED) is 0.397. The van der Waals surface area contributed by atoms with E-state index in [1.807, 2.05) is 0 Å². The number of nitrogens with zero attached hydrogens (tertiary/aromatic N) is 1. The number of anilines is 2. The Kier molecular flexibility index (Phi) is 6.24. The van der Waals surface area contributed by atoms with Crippen LogP contribution >= 0.6 is 0 Å². The van der Waals surface area contributed by atoms with Gasteiger partial charge in [-0.05, 0) is 49.4 Å². The van der Waals surface area contributed by atoms with E-state index in [4.69, 9.17) is 9.84 Å². The summed E-state index contributed by atoms with van der Waals surface area (Å²) >= 11 is 0. The van der Waals surface area contributed by atoms with E-state index < -0.39 is 34.4 Å². The molecule has 0 fully saturated rings. The summed E-state index contributed by atoms with van der Waals surface area (Å²) in [4.78, 5) is 20.7. The molecule has 1 atom stereocenters. The number of hydrogen-bond acceptors (Lipinski definition) is 5. The molecule has 7 nitrogen and oxygen atoms in total. The van der Waals surface area contributed by atoms with Crippen LogP contribution in [0.1, 0.15) is 12.5 Å². The van der Waals surface area contributed by atoms with Crippen LogP contribution in [0.25, 0.3) is 0 Å². The molecule has 2 aromatic carbocycles. The summed E-state index contributed by atoms with van der Waals surface area (Å²) in [5, 5.41) is 22.4. The lowest BCUT2D eigenvalue weighted by atomic mass is 10.1. The van der Waals surface area contributed by atoms with Crippen LogP contribution in [0.3, 0.4) is 0 Å². The van der Waals surface area contributed by atoms with E-state index in [1.54, 1.807) is 6.92 Å². The van der Waals surface area contributed by atoms with E-state index in [2.05, 4.69) is 5.32 Å². The molecular formula is C18H15F3N2O5. The first-order valence-corrected chi connectivity index (χ1v) is 7.87. The summed E-state index contributed by atoms with van der Waals surface area (Å²) in [6.07, 6.45) is -2.90. The van der Waals surface area contributed by atoms with Gasteiger partial charge in [-0.15, -0.1) is 0 Å². The predicted molar refractivity (Wildman–Crippen MR) is 94.7 cm³/mol. The van der Waals surface area contributed by atoms with Crippen LogP contribution in [0.5, 0.6) is 5.75 Å². The van der Waals surface area contributed by atoms with E-state index in [1.165, 1.54) is 30.3 Å². The van der Waals surface area contributed by atoms with Gasteiger partial charge in [0.05, 0.1) is 10.5 Å². The second kappa shape index (κ2) is 8.42. The Bertz CT molecular complexity index is 895. The molecule has 0 aromatic heterocycles. The lowest BCUT2D eigenvalue weighted by molar-refractivity contribution is -0.384. The molecule has 2 N–H and O–H groups in total. The van der Waals surface area contributed by atoms with Crippen LogP contribution in [0, 0.1) is 10.1 Å². The van der Waals surface area contributed by atoms with Crippen molar-refractivity contribution in [3.63, 3.8) is 0 Å². The Labute approximate surface area is 157 Å². The van der Waals surface area contributed by atoms with Gasteiger partial charge < -0.3 is 15.2 Å². The SMILES string of the molecule is CC(C=CC(=O)O)Oc1ccc(Nc2ccc(C(F)(F)F)cc2[N+](=O)[O-])cc1. The lowest BCUT2D eigenvalue weighted by Gasteiger charge is -2.13. The minimum absolute atomic E-state index is 0.0931. The fourth-order valence-corrected chi connectivity index (χ4v) is 2.21. The Morgan fingerprint density at radius 1 is 1.25 bits per heavy atom. The van der Waals surface area contributed by atoms with E-state index in [0.29, 0.717) is 17.5 Å². The molecule has 0 bridgehead atoms. The van der Waals surface area contributed by atoms with Crippen LogP contribution in [-0.4, -0.2) is 22.1 Å². The highest BCUT2D eigenvalue weighted by Gasteiger charge is 2.33. The van der Waals surface area contributed by atoms with Gasteiger partial charge in [0.1, 0.15) is 17.5 Å². The molecule has 0 radical (unpaired) electrons. The molecule has 0 amide bonds. The number of aliphatic carboxylic acids is 1. The number of nitro benzene ring substituents is 1. The van der Waals surface area contributed by atoms with Crippen LogP contribution in [0.4, 0.5) is 30.2 Å². The molecule has 0 saturated carbocycles. The summed E-state index contributed by atoms with van der Waals surface area (Å²) in [7, 11) is 0. The number of carboxylic acids is 1. The summed E-state index contributed by atoms with van der Waals surface area (Å²) in [6.45, 7) is 1.64. The molecule has 0 heterocycles. The molecule has 28 heavy (non-hydrogen) atoms. The number of carbonyl (C=O) groups is 1. The molecule has 2 aromatic rings. The average Bonchev–Trinajstić information content (AvgIpc) is 2.61. The van der Waals surface area contributed by atoms with Gasteiger partial charge in [-0.3, -0.25) is 10.1 Å². The molecule has 148 valence electrons. The van der Waals surface area contributed by atoms with Gasteiger partial charge >= 0.3 is 12.1 Å². The number of hydrogen-bond donors (Lipinski definition) is 2. The van der Waals surface area contributed by atoms with Crippen molar-refractivity contribution >= 4 is 23.0 Å². The van der Waals surface area contributed by atoms with Gasteiger partial charge in [0.2, 0.25) is 0 Å². The van der Waals surface area contributed by atoms with Gasteiger partial charge in [0.15, 0.2) is 0 Å². The first kappa shape index (κ1) is 20.7. The molecule has 0 spiro atoms. The number of nitro groups is 1. The van der Waals surface area contributed by atoms with Crippen molar-refractivity contribution in [3.8, 4) is 5.75 Å². The van der Waals surface area contributed by atoms with Crippen molar-refractivity contribution in [1.29, 1.82) is 0 Å². The second-order valence-corrected chi connectivity index (χ2v) is 5.66. The number of alkyl halides is 3. The van der Waals surface area contributed by atoms with Crippen molar-refractivity contribution in [1.82, 2.24) is 0 Å². The maximum atomic E-state index is 12.7. The standard InChI is InChI=1S/C18H15F3N2O5/c1-11(2-9-17(24)25)28-14-6-4-13(5-7-14)22-15-8-3-12(18(19,20)21)10-16(15)23(26)27/h2-11,22H,1H3,(H,24,25). The monoisotopic (exact) mass is 396 g/mol. The Hall–Kier alpha value is -3.56. The summed E-state index contributed by atoms with van der Waals surface area (Å²) in [6, 6.07) is 8.31. The zero-order valence-corrected chi connectivity index (χ0v) is 14.4. The topological polar surface area (TPSA) is 102 Å². The first-order chi connectivity index (χ1) is 13.1. The van der Waals surface area contributed by atoms with Gasteiger partial charge in [0.25, 0.3) is 5.69 Å². The maximum Gasteiger partial charge on any atom is 0.416 e. The Balaban J connectivity index is 2.15. The van der Waals surface area contributed by atoms with E-state index in [0.717, 1.165) is 18.2 Å². The summed E-state index contributed by atoms with van der Waals surface area (Å²) in [5.74, 6) is -0.692. The third-order valence-corrected chi connectivity index (χ3v) is 3.49. The third kappa shape index (κ3) is 5.73. The van der Waals surface area contributed by atoms with Crippen LogP contribution in [-0.2, 0) is 11.0 Å². The fourth-order valence-electron chi connectivity index (χ4n) is 2.21. The minimum Gasteiger partial charge on any atom is -0.487 e. The summed E-state index contributed by atoms with van der Waals surface area (Å²) in [5.41, 5.74) is -1.52. The van der Waals surface area contributed by atoms with Gasteiger partial charge in [0, 0.05) is 17.8 Å². The second-order valence-electron chi connectivity index (χ2n) is 5.66. The van der Waals surface area contributed by atoms with E-state index >= 15 is 0 Å². The molecule has 10 heteroatoms. The van der Waals surface area contributed by atoms with Crippen LogP contribution < -0.4 is 10.1 Å². The average molecular weight is 396 g/mol. The molecule has 2 rings (SSSR count). The number of nitrogens with one attached hydrogen (secondary N) is 1. The van der Waals surface area contributed by atoms with Gasteiger partial charge in [-0.1, -0.05) is 0 Å². The smallest absolute Gasteiger partial charge is 0.416 e. The molecule has 0 aliphatic carbocycles. The fraction of sp³-hybridized carbons (Fsp3) is 0.167. The van der Waals surface area contributed by atoms with Crippen LogP contribution in [0.2, 0.25) is 0 Å². The molecule has 0 aliphatic heterocycles. The minimum atomic E-state index is -4.69. The zero-order valence-electron chi connectivity index (χ0n) is 14.4. The van der Waals surface area contributed by atoms with Crippen molar-refractivity contribution in [2.75, 3.05) is 5.32 Å². The summed E-state index contributed by atoms with van der Waals surface area (Å²) < 4.78 is 43.7. The largest absolute Gasteiger partial charge is 0.487 e. The van der Waals surface area contributed by atoms with E-state index in [-0.39, 0.29) is 5.69 Å². The normalized spacial score (nSPS) is 12.6. The van der Waals surface area contributed by atoms with Crippen LogP contribution in [0.15, 0.2) is 54.6 Å². The molecule has 1 unspecified atom stereocenters. The van der Waals surface area contributed by atoms with E-state index in [9.17, 15) is 28.1 Å². The maximum absolute atomic E-state index is 12.7. The molecule has 0 saturated heterocycles. The van der Waals surface area contributed by atoms with Gasteiger partial charge in [-0.25, -0.2) is 4.79 Å². The number of ether oxygens (including phenoxy) is 1. The number of halogens is 3. The van der Waals surface area contributed by atoms with Crippen molar-refractivity contribution in [3.05, 3.63) is 70.3 Å². The zero-order chi connectivity index (χ0) is 20.9. The molecular weight excluding hydrogens is 381 g/mol. The highest BCUT2D eigenvalue weighted by atomic mass is 19.4. The third-order valence-electron chi connectivity index (χ3n) is 3.49. The highest BCUT2D eigenvalue weighted by Crippen LogP contribution is 2.36. The first-order valence-electron chi connectivity index (χ1n) is 7.87. The van der Waals surface area contributed by atoms with Crippen molar-refractivity contribution in [2.45, 2.75) is 19.2 Å². The molecule has 0 aliphatic rings. The predicted octanol–water partition coefficient (Wildman–Crippen LogP) is 4.77. The van der Waals surface area contributed by atoms with Crippen molar-refractivity contribution < 1.29 is 32.7 Å². The Morgan fingerprint density at radius 2 is 1.89 bits per heavy atom. The van der Waals surface area contributed by atoms with Gasteiger partial charge in [-0.2, -0.15) is 13.2 Å². The lowest BCUT2D eigenvalue weighted by Crippen LogP contribution is -2.09.